The fourth-order valence-corrected chi connectivity index (χ4v) is 2.23. The third-order valence-electron chi connectivity index (χ3n) is 3.39. The van der Waals surface area contributed by atoms with Crippen LogP contribution in [-0.2, 0) is 11.3 Å². The Bertz CT molecular complexity index is 490. The van der Waals surface area contributed by atoms with Crippen molar-refractivity contribution >= 4 is 0 Å². The summed E-state index contributed by atoms with van der Waals surface area (Å²) in [5.74, 6) is 0.629. The SMILES string of the molecule is c1nc(-c2ccc(CNC3CCOCC3)cc2)no1. The first-order valence-corrected chi connectivity index (χ1v) is 6.58. The zero-order valence-electron chi connectivity index (χ0n) is 10.7. The van der Waals surface area contributed by atoms with E-state index in [1.54, 1.807) is 0 Å². The van der Waals surface area contributed by atoms with Crippen LogP contribution >= 0.6 is 0 Å². The second kappa shape index (κ2) is 5.95. The van der Waals surface area contributed by atoms with Crippen LogP contribution in [0.5, 0.6) is 0 Å². The van der Waals surface area contributed by atoms with Crippen LogP contribution in [0.3, 0.4) is 0 Å². The molecule has 3 rings (SSSR count). The van der Waals surface area contributed by atoms with Crippen LogP contribution in [0.4, 0.5) is 0 Å². The highest BCUT2D eigenvalue weighted by atomic mass is 16.5. The first kappa shape index (κ1) is 12.3. The lowest BCUT2D eigenvalue weighted by atomic mass is 10.1. The number of ether oxygens (including phenoxy) is 1. The molecular formula is C14H17N3O2. The molecule has 100 valence electrons. The van der Waals surface area contributed by atoms with Gasteiger partial charge in [0.1, 0.15) is 0 Å². The quantitative estimate of drug-likeness (QED) is 0.910. The van der Waals surface area contributed by atoms with E-state index in [0.717, 1.165) is 38.2 Å². The highest BCUT2D eigenvalue weighted by molar-refractivity contribution is 5.54. The van der Waals surface area contributed by atoms with Gasteiger partial charge in [-0.1, -0.05) is 29.4 Å². The predicted octanol–water partition coefficient (Wildman–Crippen LogP) is 2.01. The highest BCUT2D eigenvalue weighted by Gasteiger charge is 2.12. The molecule has 1 aromatic carbocycles. The van der Waals surface area contributed by atoms with Gasteiger partial charge in [-0.25, -0.2) is 0 Å². The van der Waals surface area contributed by atoms with Crippen LogP contribution in [0.25, 0.3) is 11.4 Å². The lowest BCUT2D eigenvalue weighted by Crippen LogP contribution is -2.34. The summed E-state index contributed by atoms with van der Waals surface area (Å²) in [5.41, 5.74) is 2.24. The number of aromatic nitrogens is 2. The van der Waals surface area contributed by atoms with Crippen LogP contribution in [0, 0.1) is 0 Å². The van der Waals surface area contributed by atoms with Gasteiger partial charge >= 0.3 is 0 Å². The Hall–Kier alpha value is -1.72. The minimum absolute atomic E-state index is 0.575. The molecule has 2 heterocycles. The van der Waals surface area contributed by atoms with Gasteiger partial charge in [0.05, 0.1) is 0 Å². The molecule has 1 aromatic heterocycles. The average molecular weight is 259 g/mol. The van der Waals surface area contributed by atoms with Gasteiger partial charge in [0.15, 0.2) is 0 Å². The summed E-state index contributed by atoms with van der Waals surface area (Å²) in [4.78, 5) is 4.03. The standard InChI is InChI=1S/C14H17N3O2/c1-3-12(14-16-10-19-17-14)4-2-11(1)9-15-13-5-7-18-8-6-13/h1-4,10,13,15H,5-9H2. The van der Waals surface area contributed by atoms with Gasteiger partial charge in [-0.3, -0.25) is 0 Å². The van der Waals surface area contributed by atoms with Crippen molar-refractivity contribution in [1.29, 1.82) is 0 Å². The van der Waals surface area contributed by atoms with E-state index in [-0.39, 0.29) is 0 Å². The van der Waals surface area contributed by atoms with Crippen molar-refractivity contribution in [2.75, 3.05) is 13.2 Å². The predicted molar refractivity (Wildman–Crippen MR) is 70.4 cm³/mol. The number of nitrogens with zero attached hydrogens (tertiary/aromatic N) is 2. The van der Waals surface area contributed by atoms with E-state index in [0.29, 0.717) is 11.9 Å². The Morgan fingerprint density at radius 2 is 1.95 bits per heavy atom. The molecule has 1 aliphatic rings. The van der Waals surface area contributed by atoms with E-state index in [1.807, 2.05) is 12.1 Å². The molecule has 0 aliphatic carbocycles. The van der Waals surface area contributed by atoms with Crippen LogP contribution < -0.4 is 5.32 Å². The van der Waals surface area contributed by atoms with E-state index < -0.39 is 0 Å². The van der Waals surface area contributed by atoms with E-state index in [1.165, 1.54) is 12.0 Å². The van der Waals surface area contributed by atoms with Crippen LogP contribution in [0.1, 0.15) is 18.4 Å². The maximum atomic E-state index is 5.35. The summed E-state index contributed by atoms with van der Waals surface area (Å²) >= 11 is 0. The second-order valence-corrected chi connectivity index (χ2v) is 4.72. The third-order valence-corrected chi connectivity index (χ3v) is 3.39. The minimum atomic E-state index is 0.575. The summed E-state index contributed by atoms with van der Waals surface area (Å²) in [6.07, 6.45) is 3.54. The molecule has 1 saturated heterocycles. The van der Waals surface area contributed by atoms with E-state index >= 15 is 0 Å². The summed E-state index contributed by atoms with van der Waals surface area (Å²) in [5, 5.41) is 7.38. The molecule has 0 bridgehead atoms. The first-order valence-electron chi connectivity index (χ1n) is 6.58. The van der Waals surface area contributed by atoms with Crippen molar-refractivity contribution in [3.05, 3.63) is 36.2 Å². The Morgan fingerprint density at radius 3 is 2.63 bits per heavy atom. The fraction of sp³-hybridized carbons (Fsp3) is 0.429. The molecule has 1 aliphatic heterocycles. The Morgan fingerprint density at radius 1 is 1.16 bits per heavy atom. The van der Waals surface area contributed by atoms with E-state index in [4.69, 9.17) is 9.26 Å². The molecule has 0 saturated carbocycles. The summed E-state index contributed by atoms with van der Waals surface area (Å²) in [7, 11) is 0. The van der Waals surface area contributed by atoms with Gasteiger partial charge in [-0.15, -0.1) is 0 Å². The molecule has 0 radical (unpaired) electrons. The van der Waals surface area contributed by atoms with Gasteiger partial charge in [-0.2, -0.15) is 4.98 Å². The normalized spacial score (nSPS) is 16.6. The number of hydrogen-bond donors (Lipinski definition) is 1. The molecule has 2 aromatic rings. The smallest absolute Gasteiger partial charge is 0.214 e. The van der Waals surface area contributed by atoms with Crippen molar-refractivity contribution in [3.8, 4) is 11.4 Å². The lowest BCUT2D eigenvalue weighted by Gasteiger charge is -2.23. The Labute approximate surface area is 112 Å². The Kier molecular flexibility index (Phi) is 3.86. The number of rotatable bonds is 4. The molecule has 5 heteroatoms. The maximum absolute atomic E-state index is 5.35. The van der Waals surface area contributed by atoms with Gasteiger partial charge < -0.3 is 14.6 Å². The summed E-state index contributed by atoms with van der Waals surface area (Å²) in [6.45, 7) is 2.63. The van der Waals surface area contributed by atoms with E-state index in [2.05, 4.69) is 27.6 Å². The second-order valence-electron chi connectivity index (χ2n) is 4.72. The van der Waals surface area contributed by atoms with Crippen molar-refractivity contribution in [2.24, 2.45) is 0 Å². The molecule has 0 amide bonds. The molecule has 0 unspecified atom stereocenters. The van der Waals surface area contributed by atoms with Crippen LogP contribution in [0.2, 0.25) is 0 Å². The topological polar surface area (TPSA) is 60.2 Å². The van der Waals surface area contributed by atoms with Gasteiger partial charge in [0.2, 0.25) is 12.2 Å². The van der Waals surface area contributed by atoms with Crippen molar-refractivity contribution in [1.82, 2.24) is 15.5 Å². The van der Waals surface area contributed by atoms with Gasteiger partial charge in [-0.05, 0) is 18.4 Å². The first-order chi connectivity index (χ1) is 9.42. The molecule has 0 atom stereocenters. The molecule has 1 fully saturated rings. The Balaban J connectivity index is 1.57. The molecule has 0 spiro atoms. The third kappa shape index (κ3) is 3.19. The summed E-state index contributed by atoms with van der Waals surface area (Å²) in [6, 6.07) is 8.80. The zero-order chi connectivity index (χ0) is 12.9. The van der Waals surface area contributed by atoms with Crippen LogP contribution in [-0.4, -0.2) is 29.4 Å². The van der Waals surface area contributed by atoms with Crippen molar-refractivity contribution in [2.45, 2.75) is 25.4 Å². The molecule has 1 N–H and O–H groups in total. The van der Waals surface area contributed by atoms with E-state index in [9.17, 15) is 0 Å². The maximum Gasteiger partial charge on any atom is 0.214 e. The molecular weight excluding hydrogens is 242 g/mol. The van der Waals surface area contributed by atoms with Crippen molar-refractivity contribution < 1.29 is 9.26 Å². The molecule has 5 nitrogen and oxygen atoms in total. The average Bonchev–Trinajstić information content (AvgIpc) is 3.01. The van der Waals surface area contributed by atoms with Crippen molar-refractivity contribution in [3.63, 3.8) is 0 Å². The van der Waals surface area contributed by atoms with Crippen LogP contribution in [0.15, 0.2) is 35.2 Å². The number of hydrogen-bond acceptors (Lipinski definition) is 5. The monoisotopic (exact) mass is 259 g/mol. The van der Waals surface area contributed by atoms with Gasteiger partial charge in [0, 0.05) is 31.4 Å². The summed E-state index contributed by atoms with van der Waals surface area (Å²) < 4.78 is 10.1. The molecule has 19 heavy (non-hydrogen) atoms. The highest BCUT2D eigenvalue weighted by Crippen LogP contribution is 2.15. The number of nitrogens with one attached hydrogen (secondary N) is 1. The fourth-order valence-electron chi connectivity index (χ4n) is 2.23. The minimum Gasteiger partial charge on any atom is -0.381 e. The lowest BCUT2D eigenvalue weighted by molar-refractivity contribution is 0.0776. The van der Waals surface area contributed by atoms with Gasteiger partial charge in [0.25, 0.3) is 0 Å². The zero-order valence-corrected chi connectivity index (χ0v) is 10.7. The largest absolute Gasteiger partial charge is 0.381 e. The number of benzene rings is 1.